The number of carbonyl (C=O) groups excluding carboxylic acids is 2. The number of phosphoric ester groups is 1. The van der Waals surface area contributed by atoms with Crippen molar-refractivity contribution in [3.63, 3.8) is 0 Å². The molecule has 46 heavy (non-hydrogen) atoms. The summed E-state index contributed by atoms with van der Waals surface area (Å²) in [6.45, 7) is 3.35. The zero-order valence-electron chi connectivity index (χ0n) is 29.9. The zero-order valence-corrected chi connectivity index (χ0v) is 30.8. The maximum atomic E-state index is 13.0. The average Bonchev–Trinajstić information content (AvgIpc) is 3.02. The van der Waals surface area contributed by atoms with Crippen molar-refractivity contribution < 1.29 is 38.7 Å². The van der Waals surface area contributed by atoms with Crippen LogP contribution >= 0.6 is 7.82 Å². The highest BCUT2D eigenvalue weighted by atomic mass is 31.2. The van der Waals surface area contributed by atoms with Crippen LogP contribution in [0.25, 0.3) is 0 Å². The summed E-state index contributed by atoms with van der Waals surface area (Å²) in [6.07, 6.45) is 30.3. The second kappa shape index (κ2) is 30.4. The van der Waals surface area contributed by atoms with Gasteiger partial charge in [0.2, 0.25) is 0 Å². The van der Waals surface area contributed by atoms with Gasteiger partial charge in [-0.1, -0.05) is 181 Å². The normalized spacial score (nSPS) is 14.0. The second-order valence-corrected chi connectivity index (χ2v) is 14.9. The molecule has 0 aliphatic carbocycles. The molecule has 9 heteroatoms. The molecule has 0 aromatic rings. The molecular formula is C37H73O8P. The van der Waals surface area contributed by atoms with Crippen LogP contribution in [0.4, 0.5) is 0 Å². The van der Waals surface area contributed by atoms with Crippen molar-refractivity contribution in [1.82, 2.24) is 0 Å². The van der Waals surface area contributed by atoms with Crippen LogP contribution in [0.3, 0.4) is 0 Å². The Morgan fingerprint density at radius 2 is 0.826 bits per heavy atom. The molecule has 0 bridgehead atoms. The maximum Gasteiger partial charge on any atom is 0.469 e. The number of rotatable bonds is 36. The Bertz CT molecular complexity index is 770. The van der Waals surface area contributed by atoms with E-state index in [0.717, 1.165) is 44.9 Å². The molecule has 0 aromatic carbocycles. The standard InChI is InChI=1S/C37H73O8P/c1-3-5-7-9-11-13-15-17-18-20-22-24-26-28-30-32-35(39)37(41,33-45-46(42,43)44)36(40)34(38)31-29-27-25-23-21-19-16-14-12-10-8-6-4-2/h36,40-41H,3-33H2,1-2H3,(H2,42,43,44). The summed E-state index contributed by atoms with van der Waals surface area (Å²) in [5, 5.41) is 21.7. The summed E-state index contributed by atoms with van der Waals surface area (Å²) < 4.78 is 15.7. The van der Waals surface area contributed by atoms with E-state index < -0.39 is 37.7 Å². The Morgan fingerprint density at radius 1 is 0.543 bits per heavy atom. The summed E-state index contributed by atoms with van der Waals surface area (Å²) in [5.74, 6) is -1.52. The van der Waals surface area contributed by atoms with Crippen LogP contribution < -0.4 is 0 Å². The van der Waals surface area contributed by atoms with Gasteiger partial charge in [0.1, 0.15) is 0 Å². The van der Waals surface area contributed by atoms with E-state index >= 15 is 0 Å². The highest BCUT2D eigenvalue weighted by Crippen LogP contribution is 2.38. The van der Waals surface area contributed by atoms with E-state index in [4.69, 9.17) is 9.79 Å². The smallest absolute Gasteiger partial charge is 0.382 e. The van der Waals surface area contributed by atoms with Gasteiger partial charge in [0.25, 0.3) is 0 Å². The fraction of sp³-hybridized carbons (Fsp3) is 0.946. The molecule has 0 heterocycles. The molecule has 274 valence electrons. The number of unbranched alkanes of at least 4 members (excludes halogenated alkanes) is 26. The van der Waals surface area contributed by atoms with Gasteiger partial charge in [-0.25, -0.2) is 4.57 Å². The number of carbonyl (C=O) groups is 2. The zero-order chi connectivity index (χ0) is 34.4. The van der Waals surface area contributed by atoms with Crippen LogP contribution in [-0.4, -0.2) is 49.9 Å². The molecule has 0 aromatic heterocycles. The molecule has 0 fully saturated rings. The van der Waals surface area contributed by atoms with Crippen LogP contribution in [-0.2, 0) is 18.7 Å². The lowest BCUT2D eigenvalue weighted by atomic mass is 9.85. The quantitative estimate of drug-likeness (QED) is 0.0379. The van der Waals surface area contributed by atoms with Crippen molar-refractivity contribution in [2.75, 3.05) is 6.61 Å². The molecule has 0 spiro atoms. The molecule has 0 aliphatic rings. The number of Topliss-reactive ketones (excluding diaryl/α,β-unsaturated/α-hetero) is 2. The molecular weight excluding hydrogens is 603 g/mol. The van der Waals surface area contributed by atoms with Crippen molar-refractivity contribution in [2.45, 2.75) is 218 Å². The lowest BCUT2D eigenvalue weighted by Gasteiger charge is -2.30. The fourth-order valence-corrected chi connectivity index (χ4v) is 6.45. The maximum absolute atomic E-state index is 13.0. The molecule has 2 unspecified atom stereocenters. The molecule has 0 saturated carbocycles. The van der Waals surface area contributed by atoms with Gasteiger partial charge in [0.15, 0.2) is 23.3 Å². The first-order chi connectivity index (χ1) is 22.1. The third-order valence-corrected chi connectivity index (χ3v) is 9.69. The molecule has 4 N–H and O–H groups in total. The van der Waals surface area contributed by atoms with E-state index in [1.54, 1.807) is 0 Å². The summed E-state index contributed by atoms with van der Waals surface area (Å²) in [7, 11) is -5.02. The summed E-state index contributed by atoms with van der Waals surface area (Å²) >= 11 is 0. The third-order valence-electron chi connectivity index (χ3n) is 9.23. The van der Waals surface area contributed by atoms with E-state index in [9.17, 15) is 24.4 Å². The first-order valence-electron chi connectivity index (χ1n) is 19.2. The van der Waals surface area contributed by atoms with Gasteiger partial charge in [-0.3, -0.25) is 14.1 Å². The van der Waals surface area contributed by atoms with Gasteiger partial charge in [-0.2, -0.15) is 0 Å². The molecule has 0 saturated heterocycles. The van der Waals surface area contributed by atoms with Crippen molar-refractivity contribution >= 4 is 19.4 Å². The highest BCUT2D eigenvalue weighted by molar-refractivity contribution is 7.46. The number of aliphatic hydroxyl groups is 2. The second-order valence-electron chi connectivity index (χ2n) is 13.7. The minimum Gasteiger partial charge on any atom is -0.382 e. The predicted octanol–water partition coefficient (Wildman–Crippen LogP) is 10.1. The molecule has 0 aliphatic heterocycles. The number of hydrogen-bond acceptors (Lipinski definition) is 6. The van der Waals surface area contributed by atoms with Gasteiger partial charge in [0, 0.05) is 12.8 Å². The van der Waals surface area contributed by atoms with Crippen LogP contribution in [0.2, 0.25) is 0 Å². The van der Waals surface area contributed by atoms with E-state index in [2.05, 4.69) is 18.4 Å². The number of ketones is 2. The Hall–Kier alpha value is -0.630. The fourth-order valence-electron chi connectivity index (χ4n) is 6.09. The number of phosphoric acid groups is 1. The minimum atomic E-state index is -5.02. The lowest BCUT2D eigenvalue weighted by Crippen LogP contribution is -2.56. The van der Waals surface area contributed by atoms with Crippen LogP contribution in [0.1, 0.15) is 206 Å². The summed E-state index contributed by atoms with van der Waals surface area (Å²) in [4.78, 5) is 43.9. The monoisotopic (exact) mass is 677 g/mol. The van der Waals surface area contributed by atoms with Crippen molar-refractivity contribution in [3.8, 4) is 0 Å². The molecule has 0 rings (SSSR count). The lowest BCUT2D eigenvalue weighted by molar-refractivity contribution is -0.165. The van der Waals surface area contributed by atoms with Crippen molar-refractivity contribution in [3.05, 3.63) is 0 Å². The Kier molecular flexibility index (Phi) is 30.0. The van der Waals surface area contributed by atoms with E-state index in [-0.39, 0.29) is 12.8 Å². The van der Waals surface area contributed by atoms with Crippen LogP contribution in [0, 0.1) is 0 Å². The van der Waals surface area contributed by atoms with Gasteiger partial charge in [-0.15, -0.1) is 0 Å². The SMILES string of the molecule is CCCCCCCCCCCCCCCCCC(=O)C(O)(COP(=O)(O)O)C(O)C(=O)CCCCCCCCCCCCCCC. The van der Waals surface area contributed by atoms with Gasteiger partial charge in [0.05, 0.1) is 6.61 Å². The highest BCUT2D eigenvalue weighted by Gasteiger charge is 2.47. The van der Waals surface area contributed by atoms with Gasteiger partial charge >= 0.3 is 7.82 Å². The van der Waals surface area contributed by atoms with E-state index in [1.807, 2.05) is 0 Å². The van der Waals surface area contributed by atoms with Gasteiger partial charge < -0.3 is 20.0 Å². The van der Waals surface area contributed by atoms with E-state index in [0.29, 0.717) is 12.8 Å². The largest absolute Gasteiger partial charge is 0.469 e. The van der Waals surface area contributed by atoms with E-state index in [1.165, 1.54) is 122 Å². The predicted molar refractivity (Wildman–Crippen MR) is 189 cm³/mol. The Morgan fingerprint density at radius 3 is 1.13 bits per heavy atom. The van der Waals surface area contributed by atoms with Gasteiger partial charge in [-0.05, 0) is 12.8 Å². The third kappa shape index (κ3) is 26.3. The molecule has 0 amide bonds. The molecule has 8 nitrogen and oxygen atoms in total. The summed E-state index contributed by atoms with van der Waals surface area (Å²) in [5.41, 5.74) is -2.68. The van der Waals surface area contributed by atoms with Crippen LogP contribution in [0.5, 0.6) is 0 Å². The van der Waals surface area contributed by atoms with Crippen LogP contribution in [0.15, 0.2) is 0 Å². The van der Waals surface area contributed by atoms with Crippen molar-refractivity contribution in [2.24, 2.45) is 0 Å². The Labute approximate surface area is 282 Å². The Balaban J connectivity index is 4.26. The number of aliphatic hydroxyl groups excluding tert-OH is 1. The van der Waals surface area contributed by atoms with Crippen molar-refractivity contribution in [1.29, 1.82) is 0 Å². The number of hydrogen-bond donors (Lipinski definition) is 4. The first kappa shape index (κ1) is 45.4. The summed E-state index contributed by atoms with van der Waals surface area (Å²) in [6, 6.07) is 0. The topological polar surface area (TPSA) is 141 Å². The average molecular weight is 677 g/mol. The minimum absolute atomic E-state index is 0.0105. The molecule has 0 radical (unpaired) electrons. The first-order valence-corrected chi connectivity index (χ1v) is 20.8. The molecule has 2 atom stereocenters.